The number of carbonyl (C=O) groups excluding carboxylic acids is 1. The van der Waals surface area contributed by atoms with E-state index in [2.05, 4.69) is 86.7 Å². The second kappa shape index (κ2) is 41.4. The van der Waals surface area contributed by atoms with Gasteiger partial charge in [-0.2, -0.15) is 10.2 Å². The standard InChI is InChI=1S/C22H35N7O3.C9H20.2C3H8.2C2H6/c1-4-6-28(8-9-29(7-5-2)15-21(31)32)14-20(30)23-13-18-10-17(3)11-19(12-18)22-26-24-16-25-27-22;1-4-6-7-8-9(3)5-2;2*1-3-2;2*1-2/h10-12,16H,4-9,13-15H2,1-3H3,(H,23,30)(H,24,25)(H,26,27)(H,31,32);9H,4-8H2,1-3H3;2*3H2,1-2H3;2*1-2H3. The Bertz CT molecular complexity index is 984. The van der Waals surface area contributed by atoms with Crippen LogP contribution < -0.4 is 16.2 Å². The molecule has 0 saturated heterocycles. The van der Waals surface area contributed by atoms with Crippen molar-refractivity contribution < 1.29 is 14.7 Å². The van der Waals surface area contributed by atoms with Gasteiger partial charge in [0.25, 0.3) is 0 Å². The molecule has 0 spiro atoms. The third-order valence-corrected chi connectivity index (χ3v) is 6.90. The van der Waals surface area contributed by atoms with Crippen LogP contribution in [0.4, 0.5) is 0 Å². The van der Waals surface area contributed by atoms with Gasteiger partial charge in [-0.1, -0.05) is 147 Å². The third-order valence-electron chi connectivity index (χ3n) is 6.90. The van der Waals surface area contributed by atoms with Gasteiger partial charge in [0.2, 0.25) is 5.91 Å². The number of nitrogens with one attached hydrogen (secondary N) is 3. The Kier molecular flexibility index (Phi) is 44.5. The average molecular weight is 722 g/mol. The van der Waals surface area contributed by atoms with Crippen LogP contribution in [-0.2, 0) is 16.1 Å². The molecule has 1 atom stereocenters. The van der Waals surface area contributed by atoms with E-state index in [1.165, 1.54) is 51.3 Å². The van der Waals surface area contributed by atoms with Crippen molar-refractivity contribution in [2.24, 2.45) is 16.1 Å². The fraction of sp³-hybridized carbons (Fsp3) is 0.756. The van der Waals surface area contributed by atoms with Crippen molar-refractivity contribution >= 4 is 24.1 Å². The van der Waals surface area contributed by atoms with Gasteiger partial charge >= 0.3 is 5.97 Å². The minimum atomic E-state index is -0.826. The van der Waals surface area contributed by atoms with E-state index in [0.717, 1.165) is 48.5 Å². The number of aryl methyl sites for hydroxylation is 1. The molecule has 1 aromatic rings. The lowest BCUT2D eigenvalue weighted by atomic mass is 10.0. The molecule has 0 radical (unpaired) electrons. The second-order valence-electron chi connectivity index (χ2n) is 12.3. The Morgan fingerprint density at radius 2 is 1.35 bits per heavy atom. The molecule has 51 heavy (non-hydrogen) atoms. The molecule has 10 nitrogen and oxygen atoms in total. The lowest BCUT2D eigenvalue weighted by Crippen LogP contribution is -2.42. The van der Waals surface area contributed by atoms with E-state index in [9.17, 15) is 9.59 Å². The maximum absolute atomic E-state index is 12.6. The number of hydrazone groups is 2. The van der Waals surface area contributed by atoms with Crippen molar-refractivity contribution in [3.05, 3.63) is 34.9 Å². The number of rotatable bonds is 19. The zero-order valence-corrected chi connectivity index (χ0v) is 35.8. The van der Waals surface area contributed by atoms with Gasteiger partial charge in [-0.3, -0.25) is 30.2 Å². The lowest BCUT2D eigenvalue weighted by Gasteiger charge is -2.26. The molecule has 0 saturated carbocycles. The fourth-order valence-corrected chi connectivity index (χ4v) is 4.52. The van der Waals surface area contributed by atoms with Crippen LogP contribution in [0.2, 0.25) is 0 Å². The topological polar surface area (TPSA) is 122 Å². The van der Waals surface area contributed by atoms with Crippen molar-refractivity contribution in [1.29, 1.82) is 0 Å². The maximum Gasteiger partial charge on any atom is 0.317 e. The Balaban J connectivity index is -0.000000482. The van der Waals surface area contributed by atoms with Crippen molar-refractivity contribution in [3.63, 3.8) is 0 Å². The molecular formula is C41H83N7O3. The van der Waals surface area contributed by atoms with Gasteiger partial charge in [-0.15, -0.1) is 0 Å². The van der Waals surface area contributed by atoms with Crippen LogP contribution >= 0.6 is 0 Å². The zero-order chi connectivity index (χ0) is 39.9. The Morgan fingerprint density at radius 3 is 1.80 bits per heavy atom. The highest BCUT2D eigenvalue weighted by Gasteiger charge is 2.14. The molecule has 0 aliphatic carbocycles. The van der Waals surface area contributed by atoms with Crippen LogP contribution in [0, 0.1) is 12.8 Å². The molecule has 2 rings (SSSR count). The van der Waals surface area contributed by atoms with Gasteiger partial charge in [-0.05, 0) is 56.5 Å². The van der Waals surface area contributed by atoms with Gasteiger partial charge in [-0.25, -0.2) is 0 Å². The monoisotopic (exact) mass is 722 g/mol. The summed E-state index contributed by atoms with van der Waals surface area (Å²) in [7, 11) is 0. The fourth-order valence-electron chi connectivity index (χ4n) is 4.52. The first kappa shape index (κ1) is 54.8. The normalized spacial score (nSPS) is 11.5. The lowest BCUT2D eigenvalue weighted by molar-refractivity contribution is -0.138. The van der Waals surface area contributed by atoms with Crippen LogP contribution in [-0.4, -0.2) is 78.2 Å². The van der Waals surface area contributed by atoms with Crippen LogP contribution in [0.25, 0.3) is 0 Å². The number of benzene rings is 1. The Hall–Kier alpha value is -2.98. The molecular weight excluding hydrogens is 638 g/mol. The van der Waals surface area contributed by atoms with Crippen LogP contribution in [0.3, 0.4) is 0 Å². The minimum Gasteiger partial charge on any atom is -0.480 e. The molecule has 1 aromatic carbocycles. The summed E-state index contributed by atoms with van der Waals surface area (Å²) in [5.74, 6) is 0.696. The molecule has 0 aromatic heterocycles. The molecule has 10 heteroatoms. The van der Waals surface area contributed by atoms with Crippen LogP contribution in [0.15, 0.2) is 28.4 Å². The number of unbranched alkanes of at least 4 members (excludes halogenated alkanes) is 2. The molecule has 1 unspecified atom stereocenters. The number of carboxylic acid groups (broad SMARTS) is 1. The number of amides is 1. The van der Waals surface area contributed by atoms with Crippen molar-refractivity contribution in [2.45, 2.75) is 161 Å². The molecule has 0 fully saturated rings. The van der Waals surface area contributed by atoms with Gasteiger partial charge in [0.1, 0.15) is 6.34 Å². The minimum absolute atomic E-state index is 0.0245. The van der Waals surface area contributed by atoms with Crippen LogP contribution in [0.5, 0.6) is 0 Å². The number of hydrogen-bond donors (Lipinski definition) is 4. The van der Waals surface area contributed by atoms with E-state index in [4.69, 9.17) is 5.11 Å². The van der Waals surface area contributed by atoms with E-state index in [1.807, 2.05) is 64.6 Å². The number of aliphatic carboxylic acids is 1. The van der Waals surface area contributed by atoms with Crippen molar-refractivity contribution in [1.82, 2.24) is 26.0 Å². The summed E-state index contributed by atoms with van der Waals surface area (Å²) in [6.45, 7) is 33.0. The van der Waals surface area contributed by atoms with Gasteiger partial charge in [0.15, 0.2) is 5.84 Å². The van der Waals surface area contributed by atoms with Gasteiger partial charge < -0.3 is 10.4 Å². The second-order valence-corrected chi connectivity index (χ2v) is 12.3. The highest BCUT2D eigenvalue weighted by molar-refractivity contribution is 6.00. The van der Waals surface area contributed by atoms with E-state index in [0.29, 0.717) is 25.5 Å². The number of nitrogens with zero attached hydrogens (tertiary/aromatic N) is 4. The van der Waals surface area contributed by atoms with Crippen LogP contribution in [0.1, 0.15) is 164 Å². The number of carboxylic acids is 1. The predicted molar refractivity (Wildman–Crippen MR) is 224 cm³/mol. The summed E-state index contributed by atoms with van der Waals surface area (Å²) >= 11 is 0. The smallest absolute Gasteiger partial charge is 0.317 e. The van der Waals surface area contributed by atoms with Crippen molar-refractivity contribution in [2.75, 3.05) is 39.3 Å². The highest BCUT2D eigenvalue weighted by atomic mass is 16.4. The average Bonchev–Trinajstić information content (AvgIpc) is 3.12. The first-order valence-electron chi connectivity index (χ1n) is 20.2. The quantitative estimate of drug-likeness (QED) is 0.105. The summed E-state index contributed by atoms with van der Waals surface area (Å²) < 4.78 is 0. The summed E-state index contributed by atoms with van der Waals surface area (Å²) in [5, 5.41) is 20.2. The zero-order valence-electron chi connectivity index (χ0n) is 35.8. The van der Waals surface area contributed by atoms with E-state index in [-0.39, 0.29) is 19.0 Å². The van der Waals surface area contributed by atoms with Gasteiger partial charge in [0, 0.05) is 25.2 Å². The SMILES string of the molecule is CC.CC.CCC.CCC.CCCCCC(C)CC.CCCN(CCN(CCC)CC(=O)NCc1cc(C)cc(C2=NNC=NN2)c1)CC(=O)O. The molecule has 1 amide bonds. The highest BCUT2D eigenvalue weighted by Crippen LogP contribution is 2.12. The molecule has 300 valence electrons. The third kappa shape index (κ3) is 35.2. The molecule has 1 aliphatic heterocycles. The summed E-state index contributed by atoms with van der Waals surface area (Å²) in [5.41, 5.74) is 8.51. The summed E-state index contributed by atoms with van der Waals surface area (Å²) in [4.78, 5) is 27.6. The van der Waals surface area contributed by atoms with Crippen molar-refractivity contribution in [3.8, 4) is 0 Å². The number of carbonyl (C=O) groups is 2. The first-order valence-corrected chi connectivity index (χ1v) is 20.2. The number of hydrogen-bond acceptors (Lipinski definition) is 8. The molecule has 1 aliphatic rings. The Morgan fingerprint density at radius 1 is 0.804 bits per heavy atom. The molecule has 4 N–H and O–H groups in total. The predicted octanol–water partition coefficient (Wildman–Crippen LogP) is 9.42. The molecule has 0 bridgehead atoms. The maximum atomic E-state index is 12.6. The molecule has 1 heterocycles. The summed E-state index contributed by atoms with van der Waals surface area (Å²) in [6, 6.07) is 6.00. The first-order chi connectivity index (χ1) is 24.5. The largest absolute Gasteiger partial charge is 0.480 e. The summed E-state index contributed by atoms with van der Waals surface area (Å²) in [6.07, 6.45) is 12.8. The van der Waals surface area contributed by atoms with E-state index < -0.39 is 5.97 Å². The van der Waals surface area contributed by atoms with E-state index in [1.54, 1.807) is 0 Å². The van der Waals surface area contributed by atoms with E-state index >= 15 is 0 Å². The van der Waals surface area contributed by atoms with Gasteiger partial charge in [0.05, 0.1) is 13.1 Å². The number of amidine groups is 1. The Labute approximate surface area is 315 Å².